The summed E-state index contributed by atoms with van der Waals surface area (Å²) in [6.45, 7) is 0. The lowest BCUT2D eigenvalue weighted by Crippen LogP contribution is -1.92. The van der Waals surface area contributed by atoms with Crippen LogP contribution >= 0.6 is 31.9 Å². The van der Waals surface area contributed by atoms with Gasteiger partial charge in [-0.25, -0.2) is 4.39 Å². The number of nitrogens with zero attached hydrogens (tertiary/aromatic N) is 1. The van der Waals surface area contributed by atoms with Gasteiger partial charge < -0.3 is 4.74 Å². The van der Waals surface area contributed by atoms with Gasteiger partial charge in [0, 0.05) is 4.47 Å². The second kappa shape index (κ2) is 5.51. The fraction of sp³-hybridized carbons (Fsp3) is 0. The summed E-state index contributed by atoms with van der Waals surface area (Å²) in [5.74, 6) is 0.115. The molecule has 0 aromatic heterocycles. The second-order valence-electron chi connectivity index (χ2n) is 3.40. The Balaban J connectivity index is 2.41. The average molecular weight is 371 g/mol. The summed E-state index contributed by atoms with van der Waals surface area (Å²) in [5.41, 5.74) is -0.104. The van der Waals surface area contributed by atoms with Crippen molar-refractivity contribution in [3.8, 4) is 17.6 Å². The smallest absolute Gasteiger partial charge is 0.148 e. The predicted octanol–water partition coefficient (Wildman–Crippen LogP) is 5.01. The number of ether oxygens (including phenoxy) is 1. The van der Waals surface area contributed by atoms with Gasteiger partial charge in [0.05, 0.1) is 4.47 Å². The van der Waals surface area contributed by atoms with E-state index in [0.717, 1.165) is 4.47 Å². The molecule has 5 heteroatoms. The molecule has 0 heterocycles. The lowest BCUT2D eigenvalue weighted by atomic mass is 10.2. The Morgan fingerprint density at radius 3 is 2.56 bits per heavy atom. The van der Waals surface area contributed by atoms with Crippen LogP contribution in [0, 0.1) is 17.1 Å². The first-order chi connectivity index (χ1) is 8.61. The minimum atomic E-state index is -0.594. The van der Waals surface area contributed by atoms with Crippen LogP contribution in [0.5, 0.6) is 11.5 Å². The minimum Gasteiger partial charge on any atom is -0.455 e. The van der Waals surface area contributed by atoms with Crippen LogP contribution in [0.3, 0.4) is 0 Å². The molecule has 0 saturated heterocycles. The van der Waals surface area contributed by atoms with Crippen molar-refractivity contribution in [2.75, 3.05) is 0 Å². The summed E-state index contributed by atoms with van der Waals surface area (Å²) in [5, 5.41) is 8.90. The van der Waals surface area contributed by atoms with E-state index < -0.39 is 5.82 Å². The molecule has 0 bridgehead atoms. The average Bonchev–Trinajstić information content (AvgIpc) is 2.33. The molecule has 0 unspecified atom stereocenters. The Bertz CT molecular complexity index is 637. The summed E-state index contributed by atoms with van der Waals surface area (Å²) in [7, 11) is 0. The van der Waals surface area contributed by atoms with E-state index in [1.807, 2.05) is 0 Å². The molecule has 0 aliphatic carbocycles. The van der Waals surface area contributed by atoms with Crippen molar-refractivity contribution in [1.29, 1.82) is 5.26 Å². The molecule has 0 spiro atoms. The van der Waals surface area contributed by atoms with Gasteiger partial charge in [0.1, 0.15) is 28.9 Å². The van der Waals surface area contributed by atoms with Crippen molar-refractivity contribution in [3.63, 3.8) is 0 Å². The van der Waals surface area contributed by atoms with Crippen LogP contribution in [0.25, 0.3) is 0 Å². The number of hydrogen-bond acceptors (Lipinski definition) is 2. The van der Waals surface area contributed by atoms with E-state index in [4.69, 9.17) is 10.00 Å². The van der Waals surface area contributed by atoms with Gasteiger partial charge >= 0.3 is 0 Å². The Morgan fingerprint density at radius 1 is 1.11 bits per heavy atom. The number of hydrogen-bond donors (Lipinski definition) is 0. The van der Waals surface area contributed by atoms with Crippen molar-refractivity contribution in [2.24, 2.45) is 0 Å². The molecule has 0 amide bonds. The number of halogens is 3. The van der Waals surface area contributed by atoms with Gasteiger partial charge in [-0.3, -0.25) is 0 Å². The molecular formula is C13H6Br2FNO. The van der Waals surface area contributed by atoms with Crippen LogP contribution in [0.4, 0.5) is 4.39 Å². The molecule has 0 radical (unpaired) electrons. The van der Waals surface area contributed by atoms with Crippen LogP contribution in [-0.2, 0) is 0 Å². The van der Waals surface area contributed by atoms with E-state index in [-0.39, 0.29) is 11.3 Å². The molecule has 0 fully saturated rings. The number of rotatable bonds is 2. The third-order valence-corrected chi connectivity index (χ3v) is 3.31. The first-order valence-corrected chi connectivity index (χ1v) is 6.52. The van der Waals surface area contributed by atoms with Gasteiger partial charge in [-0.15, -0.1) is 0 Å². The highest BCUT2D eigenvalue weighted by molar-refractivity contribution is 9.11. The largest absolute Gasteiger partial charge is 0.455 e. The molecule has 2 aromatic carbocycles. The van der Waals surface area contributed by atoms with Crippen LogP contribution in [0.2, 0.25) is 0 Å². The Kier molecular flexibility index (Phi) is 4.00. The van der Waals surface area contributed by atoms with Crippen molar-refractivity contribution < 1.29 is 9.13 Å². The normalized spacial score (nSPS) is 9.89. The maximum absolute atomic E-state index is 13.4. The lowest BCUT2D eigenvalue weighted by Gasteiger charge is -2.09. The minimum absolute atomic E-state index is 0.104. The monoisotopic (exact) mass is 369 g/mol. The van der Waals surface area contributed by atoms with Crippen molar-refractivity contribution in [3.05, 3.63) is 56.7 Å². The maximum Gasteiger partial charge on any atom is 0.148 e. The van der Waals surface area contributed by atoms with Crippen molar-refractivity contribution >= 4 is 31.9 Å². The lowest BCUT2D eigenvalue weighted by molar-refractivity contribution is 0.471. The van der Waals surface area contributed by atoms with E-state index in [0.29, 0.717) is 10.2 Å². The molecular weight excluding hydrogens is 365 g/mol. The van der Waals surface area contributed by atoms with Gasteiger partial charge in [0.25, 0.3) is 0 Å². The topological polar surface area (TPSA) is 33.0 Å². The van der Waals surface area contributed by atoms with Gasteiger partial charge in [-0.05, 0) is 46.3 Å². The molecule has 0 atom stereocenters. The summed E-state index contributed by atoms with van der Waals surface area (Å²) in [6, 6.07) is 11.4. The first-order valence-electron chi connectivity index (χ1n) is 4.93. The highest BCUT2D eigenvalue weighted by Gasteiger charge is 2.11. The molecule has 2 nitrogen and oxygen atoms in total. The SMILES string of the molecule is N#Cc1c(F)cccc1Oc1ccc(Br)cc1Br. The third kappa shape index (κ3) is 2.71. The molecule has 0 N–H and O–H groups in total. The molecule has 18 heavy (non-hydrogen) atoms. The van der Waals surface area contributed by atoms with E-state index >= 15 is 0 Å². The van der Waals surface area contributed by atoms with Gasteiger partial charge in [-0.2, -0.15) is 5.26 Å². The Hall–Kier alpha value is -1.38. The van der Waals surface area contributed by atoms with Gasteiger partial charge in [0.15, 0.2) is 0 Å². The zero-order chi connectivity index (χ0) is 13.1. The predicted molar refractivity (Wildman–Crippen MR) is 73.0 cm³/mol. The molecule has 90 valence electrons. The van der Waals surface area contributed by atoms with Crippen LogP contribution in [0.15, 0.2) is 45.3 Å². The number of benzene rings is 2. The van der Waals surface area contributed by atoms with E-state index in [9.17, 15) is 4.39 Å². The summed E-state index contributed by atoms with van der Waals surface area (Å²) in [6.07, 6.45) is 0. The summed E-state index contributed by atoms with van der Waals surface area (Å²) < 4.78 is 20.5. The molecule has 2 aromatic rings. The van der Waals surface area contributed by atoms with Crippen LogP contribution in [0.1, 0.15) is 5.56 Å². The zero-order valence-corrected chi connectivity index (χ0v) is 12.1. The highest BCUT2D eigenvalue weighted by Crippen LogP contribution is 2.33. The van der Waals surface area contributed by atoms with E-state index in [1.54, 1.807) is 30.3 Å². The fourth-order valence-corrected chi connectivity index (χ4v) is 2.50. The maximum atomic E-state index is 13.4. The molecule has 0 aliphatic heterocycles. The van der Waals surface area contributed by atoms with Crippen molar-refractivity contribution in [1.82, 2.24) is 0 Å². The molecule has 0 aliphatic rings. The quantitative estimate of drug-likeness (QED) is 0.743. The zero-order valence-electron chi connectivity index (χ0n) is 8.95. The second-order valence-corrected chi connectivity index (χ2v) is 5.17. The van der Waals surface area contributed by atoms with E-state index in [1.165, 1.54) is 12.1 Å². The van der Waals surface area contributed by atoms with Crippen LogP contribution in [-0.4, -0.2) is 0 Å². The Labute approximate surface area is 120 Å². The van der Waals surface area contributed by atoms with Crippen LogP contribution < -0.4 is 4.74 Å². The molecule has 0 saturated carbocycles. The molecule has 2 rings (SSSR count). The third-order valence-electron chi connectivity index (χ3n) is 2.20. The summed E-state index contributed by atoms with van der Waals surface area (Å²) in [4.78, 5) is 0. The first kappa shape index (κ1) is 13.1. The highest BCUT2D eigenvalue weighted by atomic mass is 79.9. The van der Waals surface area contributed by atoms with E-state index in [2.05, 4.69) is 31.9 Å². The summed E-state index contributed by atoms with van der Waals surface area (Å²) >= 11 is 6.66. The van der Waals surface area contributed by atoms with Gasteiger partial charge in [0.2, 0.25) is 0 Å². The standard InChI is InChI=1S/C13H6Br2FNO/c14-8-4-5-13(10(15)6-8)18-12-3-1-2-11(16)9(12)7-17/h1-6H. The number of nitriles is 1. The van der Waals surface area contributed by atoms with Gasteiger partial charge in [-0.1, -0.05) is 22.0 Å². The van der Waals surface area contributed by atoms with Crippen molar-refractivity contribution in [2.45, 2.75) is 0 Å². The Morgan fingerprint density at radius 2 is 1.89 bits per heavy atom. The fourth-order valence-electron chi connectivity index (χ4n) is 1.37.